The van der Waals surface area contributed by atoms with Crippen LogP contribution in [0.5, 0.6) is 0 Å². The second-order valence-electron chi connectivity index (χ2n) is 17.6. The molecule has 380 valence electrons. The number of allylic oxidation sites excluding steroid dienone is 5. The van der Waals surface area contributed by atoms with Crippen molar-refractivity contribution in [2.75, 3.05) is 13.2 Å². The first kappa shape index (κ1) is 61.0. The van der Waals surface area contributed by atoms with Crippen molar-refractivity contribution in [2.45, 2.75) is 249 Å². The van der Waals surface area contributed by atoms with E-state index in [2.05, 4.69) is 38.2 Å². The average Bonchev–Trinajstić information content (AvgIpc) is 3.28. The number of carbonyl (C=O) groups is 2. The molecule has 0 saturated heterocycles. The molecule has 0 bridgehead atoms. The maximum Gasteiger partial charge on any atom is 0.472 e. The number of hydrogen-bond acceptors (Lipinski definition) is 14. The molecular weight excluding hydrogens is 859 g/mol. The number of phosphoric acid groups is 1. The Labute approximate surface area is 390 Å². The summed E-state index contributed by atoms with van der Waals surface area (Å²) in [7, 11) is -5.16. The summed E-state index contributed by atoms with van der Waals surface area (Å²) in [5.41, 5.74) is 0. The van der Waals surface area contributed by atoms with Gasteiger partial charge in [0.15, 0.2) is 6.10 Å². The van der Waals surface area contributed by atoms with Crippen LogP contribution in [-0.2, 0) is 32.7 Å². The maximum absolute atomic E-state index is 12.8. The van der Waals surface area contributed by atoms with Crippen molar-refractivity contribution >= 4 is 19.8 Å². The van der Waals surface area contributed by atoms with Crippen molar-refractivity contribution in [3.63, 3.8) is 0 Å². The van der Waals surface area contributed by atoms with Gasteiger partial charge in [0.1, 0.15) is 43.2 Å². The van der Waals surface area contributed by atoms with Gasteiger partial charge in [-0.25, -0.2) is 4.57 Å². The molecule has 1 fully saturated rings. The lowest BCUT2D eigenvalue weighted by Crippen LogP contribution is -2.64. The third kappa shape index (κ3) is 30.9. The quantitative estimate of drug-likeness (QED) is 0.0125. The summed E-state index contributed by atoms with van der Waals surface area (Å²) in [5.74, 6) is -1.21. The van der Waals surface area contributed by atoms with E-state index >= 15 is 0 Å². The fourth-order valence-corrected chi connectivity index (χ4v) is 8.43. The molecule has 8 N–H and O–H groups in total. The summed E-state index contributed by atoms with van der Waals surface area (Å²) in [6.45, 7) is 3.09. The van der Waals surface area contributed by atoms with Crippen LogP contribution in [0.4, 0.5) is 0 Å². The Hall–Kier alpha value is -2.01. The van der Waals surface area contributed by atoms with Gasteiger partial charge >= 0.3 is 19.8 Å². The minimum Gasteiger partial charge on any atom is -0.462 e. The van der Waals surface area contributed by atoms with Gasteiger partial charge in [-0.05, 0) is 70.6 Å². The van der Waals surface area contributed by atoms with E-state index in [0.29, 0.717) is 25.7 Å². The number of ether oxygens (including phenoxy) is 2. The van der Waals surface area contributed by atoms with Crippen LogP contribution < -0.4 is 0 Å². The molecule has 0 aromatic carbocycles. The Morgan fingerprint density at radius 3 is 1.52 bits per heavy atom. The van der Waals surface area contributed by atoms with Crippen LogP contribution in [0.2, 0.25) is 0 Å². The largest absolute Gasteiger partial charge is 0.472 e. The van der Waals surface area contributed by atoms with E-state index < -0.39 is 87.9 Å². The Morgan fingerprint density at radius 1 is 0.538 bits per heavy atom. The Kier molecular flexibility index (Phi) is 36.5. The van der Waals surface area contributed by atoms with Crippen LogP contribution in [0.25, 0.3) is 0 Å². The SMILES string of the molecule is CCCCC/C=C\C/C=C\CCCCCCCCCCCC(=O)O[C@H](COC(=O)CCCCCCC[C@@H](O)[C@H](O)C/C=C\CCCCC)COP(=O)(O)OC1[C@H](O)[C@H](O)C(O)[C@H](O)[C@H]1O. The highest BCUT2D eigenvalue weighted by Crippen LogP contribution is 2.47. The fraction of sp³-hybridized carbons (Fsp3) is 0.837. The first-order chi connectivity index (χ1) is 31.2. The van der Waals surface area contributed by atoms with Crippen LogP contribution in [0.3, 0.4) is 0 Å². The summed E-state index contributed by atoms with van der Waals surface area (Å²) >= 11 is 0. The molecule has 1 aliphatic carbocycles. The molecule has 0 spiro atoms. The monoisotopic (exact) mass is 949 g/mol. The number of rotatable bonds is 41. The van der Waals surface area contributed by atoms with E-state index in [-0.39, 0.29) is 12.8 Å². The van der Waals surface area contributed by atoms with Crippen LogP contribution in [0.1, 0.15) is 194 Å². The van der Waals surface area contributed by atoms with Crippen molar-refractivity contribution in [3.05, 3.63) is 36.5 Å². The molecule has 15 nitrogen and oxygen atoms in total. The van der Waals surface area contributed by atoms with Crippen LogP contribution >= 0.6 is 7.82 Å². The third-order valence-electron chi connectivity index (χ3n) is 11.7. The number of phosphoric ester groups is 1. The van der Waals surface area contributed by atoms with Crippen molar-refractivity contribution in [3.8, 4) is 0 Å². The van der Waals surface area contributed by atoms with Crippen molar-refractivity contribution in [1.82, 2.24) is 0 Å². The topological polar surface area (TPSA) is 250 Å². The molecule has 3 unspecified atom stereocenters. The van der Waals surface area contributed by atoms with E-state index in [1.54, 1.807) is 0 Å². The molecule has 10 atom stereocenters. The number of aliphatic hydroxyl groups excluding tert-OH is 7. The van der Waals surface area contributed by atoms with Crippen molar-refractivity contribution < 1.29 is 73.3 Å². The molecule has 1 saturated carbocycles. The van der Waals surface area contributed by atoms with Gasteiger partial charge in [0.05, 0.1) is 18.8 Å². The van der Waals surface area contributed by atoms with Gasteiger partial charge in [-0.2, -0.15) is 0 Å². The zero-order chi connectivity index (χ0) is 48.1. The standard InChI is InChI=1S/C49H89O15P/c1-3-5-7-9-11-12-13-14-15-16-17-18-19-20-21-22-23-27-32-36-43(53)63-39(38-62-65(59,60)64-49-47(57)45(55)44(54)46(56)48(49)58)37-61-42(52)35-31-28-24-26-30-34-41(51)40(50)33-29-25-10-8-6-4-2/h11-12,14-15,25,29,39-41,44-51,54-58H,3-10,13,16-24,26-28,30-38H2,1-2H3,(H,59,60)/b12-11-,15-14-,29-25-/t39-,40-,41-,44?,45-,46+,47-,48-,49?/m1/s1. The zero-order valence-corrected chi connectivity index (χ0v) is 40.7. The predicted molar refractivity (Wildman–Crippen MR) is 252 cm³/mol. The highest BCUT2D eigenvalue weighted by molar-refractivity contribution is 7.47. The summed E-state index contributed by atoms with van der Waals surface area (Å²) in [6, 6.07) is 0. The molecule has 65 heavy (non-hydrogen) atoms. The lowest BCUT2D eigenvalue weighted by Gasteiger charge is -2.41. The number of unbranched alkanes of at least 4 members (excludes halogenated alkanes) is 19. The molecule has 0 amide bonds. The van der Waals surface area contributed by atoms with Gasteiger partial charge in [-0.1, -0.05) is 147 Å². The van der Waals surface area contributed by atoms with Crippen LogP contribution in [-0.4, -0.2) is 121 Å². The molecular formula is C49H89O15P. The second-order valence-corrected chi connectivity index (χ2v) is 19.0. The van der Waals surface area contributed by atoms with Gasteiger partial charge in [0, 0.05) is 12.8 Å². The molecule has 1 aliphatic rings. The van der Waals surface area contributed by atoms with E-state index in [1.807, 2.05) is 12.2 Å². The predicted octanol–water partition coefficient (Wildman–Crippen LogP) is 8.11. The van der Waals surface area contributed by atoms with Crippen molar-refractivity contribution in [1.29, 1.82) is 0 Å². The maximum atomic E-state index is 12.8. The van der Waals surface area contributed by atoms with Crippen molar-refractivity contribution in [2.24, 2.45) is 0 Å². The Balaban J connectivity index is 2.47. The lowest BCUT2D eigenvalue weighted by atomic mass is 9.85. The summed E-state index contributed by atoms with van der Waals surface area (Å²) in [5, 5.41) is 70.7. The normalized spacial score (nSPS) is 22.7. The smallest absolute Gasteiger partial charge is 0.462 e. The van der Waals surface area contributed by atoms with Gasteiger partial charge in [0.2, 0.25) is 0 Å². The first-order valence-corrected chi connectivity index (χ1v) is 26.5. The van der Waals surface area contributed by atoms with E-state index in [1.165, 1.54) is 57.8 Å². The van der Waals surface area contributed by atoms with E-state index in [9.17, 15) is 54.8 Å². The molecule has 0 aliphatic heterocycles. The molecule has 1 rings (SSSR count). The minimum atomic E-state index is -5.16. The zero-order valence-electron chi connectivity index (χ0n) is 39.8. The molecule has 0 heterocycles. The van der Waals surface area contributed by atoms with Gasteiger partial charge < -0.3 is 50.1 Å². The summed E-state index contributed by atoms with van der Waals surface area (Å²) in [6.07, 6.45) is 23.4. The number of esters is 2. The molecule has 0 aromatic rings. The lowest BCUT2D eigenvalue weighted by molar-refractivity contribution is -0.220. The Bertz CT molecular complexity index is 1310. The number of hydrogen-bond donors (Lipinski definition) is 8. The van der Waals surface area contributed by atoms with Gasteiger partial charge in [-0.15, -0.1) is 0 Å². The number of aliphatic hydroxyl groups is 7. The fourth-order valence-electron chi connectivity index (χ4n) is 7.46. The average molecular weight is 949 g/mol. The van der Waals surface area contributed by atoms with E-state index in [4.69, 9.17) is 18.5 Å². The van der Waals surface area contributed by atoms with Gasteiger partial charge in [0.25, 0.3) is 0 Å². The third-order valence-corrected chi connectivity index (χ3v) is 12.6. The van der Waals surface area contributed by atoms with Gasteiger partial charge in [-0.3, -0.25) is 18.6 Å². The molecule has 16 heteroatoms. The number of carbonyl (C=O) groups excluding carboxylic acids is 2. The van der Waals surface area contributed by atoms with Crippen LogP contribution in [0.15, 0.2) is 36.5 Å². The Morgan fingerprint density at radius 2 is 0.985 bits per heavy atom. The molecule has 0 aromatic heterocycles. The highest BCUT2D eigenvalue weighted by atomic mass is 31.2. The van der Waals surface area contributed by atoms with Crippen LogP contribution in [0, 0.1) is 0 Å². The first-order valence-electron chi connectivity index (χ1n) is 25.0. The summed E-state index contributed by atoms with van der Waals surface area (Å²) in [4.78, 5) is 35.8. The highest BCUT2D eigenvalue weighted by Gasteiger charge is 2.51. The minimum absolute atomic E-state index is 0.0601. The van der Waals surface area contributed by atoms with E-state index in [0.717, 1.165) is 83.5 Å². The second kappa shape index (κ2) is 38.9. The molecule has 0 radical (unpaired) electrons. The summed E-state index contributed by atoms with van der Waals surface area (Å²) < 4.78 is 33.5.